The molecule has 0 saturated carbocycles. The molecule has 1 N–H and O–H groups in total. The maximum atomic E-state index is 12.6. The molecule has 156 valence electrons. The fourth-order valence-corrected chi connectivity index (χ4v) is 4.77. The summed E-state index contributed by atoms with van der Waals surface area (Å²) in [6, 6.07) is 4.46. The van der Waals surface area contributed by atoms with E-state index in [4.69, 9.17) is 4.18 Å². The van der Waals surface area contributed by atoms with Gasteiger partial charge in [-0.05, 0) is 43.5 Å². The predicted octanol–water partition coefficient (Wildman–Crippen LogP) is 6.50. The highest BCUT2D eigenvalue weighted by atomic mass is 32.2. The van der Waals surface area contributed by atoms with Gasteiger partial charge in [-0.25, -0.2) is 0 Å². The maximum Gasteiger partial charge on any atom is 0.312 e. The molecule has 1 rings (SSSR count). The first-order chi connectivity index (χ1) is 12.9. The van der Waals surface area contributed by atoms with Crippen LogP contribution in [-0.4, -0.2) is 18.8 Å². The van der Waals surface area contributed by atoms with Crippen LogP contribution in [0.4, 0.5) is 0 Å². The fraction of sp³-hybridized carbons (Fsp3) is 0.727. The van der Waals surface area contributed by atoms with Gasteiger partial charge in [0.25, 0.3) is 0 Å². The van der Waals surface area contributed by atoms with Crippen molar-refractivity contribution in [3.8, 4) is 11.5 Å². The smallest absolute Gasteiger partial charge is 0.312 e. The predicted molar refractivity (Wildman–Crippen MR) is 113 cm³/mol. The lowest BCUT2D eigenvalue weighted by molar-refractivity contribution is 0.450. The second kappa shape index (κ2) is 13.0. The van der Waals surface area contributed by atoms with Crippen LogP contribution >= 0.6 is 0 Å². The first-order valence-electron chi connectivity index (χ1n) is 10.6. The molecule has 0 aromatic heterocycles. The number of unbranched alkanes of at least 4 members (excludes halogenated alkanes) is 9. The van der Waals surface area contributed by atoms with E-state index in [0.29, 0.717) is 24.2 Å². The van der Waals surface area contributed by atoms with Crippen molar-refractivity contribution in [1.29, 1.82) is 0 Å². The first-order valence-corrected chi connectivity index (χ1v) is 12.1. The molecule has 1 atom stereocenters. The molecular weight excluding hydrogens is 360 g/mol. The SMILES string of the molecule is CCCCCCCCCCCCC(CC)S(=O)(=O)Oc1ccc(O)cc1C. The van der Waals surface area contributed by atoms with Crippen molar-refractivity contribution in [3.05, 3.63) is 23.8 Å². The van der Waals surface area contributed by atoms with E-state index in [1.165, 1.54) is 69.6 Å². The van der Waals surface area contributed by atoms with E-state index in [9.17, 15) is 13.5 Å². The van der Waals surface area contributed by atoms with Crippen LogP contribution in [0.3, 0.4) is 0 Å². The van der Waals surface area contributed by atoms with Crippen LogP contribution in [0.25, 0.3) is 0 Å². The normalized spacial score (nSPS) is 12.9. The molecule has 1 aromatic rings. The zero-order chi connectivity index (χ0) is 20.1. The van der Waals surface area contributed by atoms with Gasteiger partial charge in [0.2, 0.25) is 0 Å². The van der Waals surface area contributed by atoms with Crippen LogP contribution in [0.2, 0.25) is 0 Å². The number of benzene rings is 1. The Bertz CT molecular complexity index is 625. The van der Waals surface area contributed by atoms with Gasteiger partial charge in [-0.15, -0.1) is 0 Å². The molecule has 0 spiro atoms. The van der Waals surface area contributed by atoms with Crippen molar-refractivity contribution >= 4 is 10.1 Å². The number of phenolic OH excluding ortho intramolecular Hbond substituents is 1. The lowest BCUT2D eigenvalue weighted by Crippen LogP contribution is -2.25. The Morgan fingerprint density at radius 3 is 2.00 bits per heavy atom. The Kier molecular flexibility index (Phi) is 11.5. The highest BCUT2D eigenvalue weighted by molar-refractivity contribution is 7.87. The van der Waals surface area contributed by atoms with Gasteiger partial charge in [0.1, 0.15) is 11.5 Å². The van der Waals surface area contributed by atoms with Gasteiger partial charge < -0.3 is 9.29 Å². The Morgan fingerprint density at radius 1 is 0.926 bits per heavy atom. The minimum atomic E-state index is -3.65. The highest BCUT2D eigenvalue weighted by Crippen LogP contribution is 2.26. The number of aromatic hydroxyl groups is 1. The molecule has 0 bridgehead atoms. The van der Waals surface area contributed by atoms with Crippen molar-refractivity contribution in [3.63, 3.8) is 0 Å². The van der Waals surface area contributed by atoms with Gasteiger partial charge in [-0.1, -0.05) is 78.1 Å². The summed E-state index contributed by atoms with van der Waals surface area (Å²) in [5, 5.41) is 8.97. The van der Waals surface area contributed by atoms with Crippen molar-refractivity contribution < 1.29 is 17.7 Å². The van der Waals surface area contributed by atoms with E-state index >= 15 is 0 Å². The third-order valence-corrected chi connectivity index (χ3v) is 6.91. The number of phenols is 1. The van der Waals surface area contributed by atoms with Gasteiger partial charge >= 0.3 is 10.1 Å². The first kappa shape index (κ1) is 23.8. The molecule has 27 heavy (non-hydrogen) atoms. The second-order valence-electron chi connectivity index (χ2n) is 7.53. The monoisotopic (exact) mass is 398 g/mol. The molecule has 0 amide bonds. The molecular formula is C22H38O4S. The number of hydrogen-bond donors (Lipinski definition) is 1. The van der Waals surface area contributed by atoms with Crippen molar-refractivity contribution in [2.75, 3.05) is 0 Å². The van der Waals surface area contributed by atoms with E-state index < -0.39 is 15.4 Å². The molecule has 1 aromatic carbocycles. The number of hydrogen-bond acceptors (Lipinski definition) is 4. The zero-order valence-electron chi connectivity index (χ0n) is 17.4. The van der Waals surface area contributed by atoms with Crippen molar-refractivity contribution in [2.45, 2.75) is 103 Å². The minimum absolute atomic E-state index is 0.106. The summed E-state index contributed by atoms with van der Waals surface area (Å²) in [6.45, 7) is 5.86. The van der Waals surface area contributed by atoms with Gasteiger partial charge in [0, 0.05) is 0 Å². The lowest BCUT2D eigenvalue weighted by atomic mass is 10.0. The highest BCUT2D eigenvalue weighted by Gasteiger charge is 2.26. The number of rotatable bonds is 15. The van der Waals surface area contributed by atoms with Crippen LogP contribution in [0, 0.1) is 6.92 Å². The quantitative estimate of drug-likeness (QED) is 0.270. The summed E-state index contributed by atoms with van der Waals surface area (Å²) in [4.78, 5) is 0. The van der Waals surface area contributed by atoms with Crippen molar-refractivity contribution in [2.24, 2.45) is 0 Å². The van der Waals surface area contributed by atoms with Gasteiger partial charge in [0.05, 0.1) is 5.25 Å². The van der Waals surface area contributed by atoms with Crippen LogP contribution in [-0.2, 0) is 10.1 Å². The third-order valence-electron chi connectivity index (χ3n) is 5.11. The van der Waals surface area contributed by atoms with Crippen LogP contribution < -0.4 is 4.18 Å². The van der Waals surface area contributed by atoms with E-state index in [2.05, 4.69) is 6.92 Å². The van der Waals surface area contributed by atoms with Crippen LogP contribution in [0.5, 0.6) is 11.5 Å². The molecule has 0 radical (unpaired) electrons. The lowest BCUT2D eigenvalue weighted by Gasteiger charge is -2.17. The van der Waals surface area contributed by atoms with Gasteiger partial charge in [0.15, 0.2) is 0 Å². The summed E-state index contributed by atoms with van der Waals surface area (Å²) in [5.74, 6) is 0.406. The second-order valence-corrected chi connectivity index (χ2v) is 9.35. The summed E-state index contributed by atoms with van der Waals surface area (Å²) < 4.78 is 30.5. The van der Waals surface area contributed by atoms with Gasteiger partial charge in [-0.2, -0.15) is 8.42 Å². The van der Waals surface area contributed by atoms with Gasteiger partial charge in [-0.3, -0.25) is 0 Å². The fourth-order valence-electron chi connectivity index (χ4n) is 3.33. The standard InChI is InChI=1S/C22H38O4S/c1-4-6-7-8-9-10-11-12-13-14-15-21(5-2)27(24,25)26-22-17-16-20(23)18-19(22)3/h16-18,21,23H,4-15H2,1-3H3. The maximum absolute atomic E-state index is 12.6. The molecule has 0 fully saturated rings. The Morgan fingerprint density at radius 2 is 1.48 bits per heavy atom. The van der Waals surface area contributed by atoms with E-state index in [1.54, 1.807) is 6.92 Å². The van der Waals surface area contributed by atoms with E-state index in [-0.39, 0.29) is 5.75 Å². The Hall–Kier alpha value is -1.23. The summed E-state index contributed by atoms with van der Waals surface area (Å²) in [6.07, 6.45) is 13.6. The molecule has 0 aliphatic heterocycles. The van der Waals surface area contributed by atoms with Crippen molar-refractivity contribution in [1.82, 2.24) is 0 Å². The Balaban J connectivity index is 2.31. The zero-order valence-corrected chi connectivity index (χ0v) is 18.2. The van der Waals surface area contributed by atoms with Crippen LogP contribution in [0.1, 0.15) is 96.5 Å². The average Bonchev–Trinajstić information content (AvgIpc) is 2.62. The average molecular weight is 399 g/mol. The summed E-state index contributed by atoms with van der Waals surface area (Å²) >= 11 is 0. The minimum Gasteiger partial charge on any atom is -0.508 e. The molecule has 0 aliphatic carbocycles. The number of aryl methyl sites for hydroxylation is 1. The molecule has 0 heterocycles. The van der Waals surface area contributed by atoms with E-state index in [1.807, 2.05) is 6.92 Å². The molecule has 1 unspecified atom stereocenters. The summed E-state index contributed by atoms with van der Waals surface area (Å²) in [5.41, 5.74) is 0.618. The van der Waals surface area contributed by atoms with E-state index in [0.717, 1.165) is 12.8 Å². The molecule has 0 aliphatic rings. The third kappa shape index (κ3) is 9.50. The Labute approximate surface area is 166 Å². The van der Waals surface area contributed by atoms with Crippen LogP contribution in [0.15, 0.2) is 18.2 Å². The molecule has 5 heteroatoms. The topological polar surface area (TPSA) is 63.6 Å². The molecule has 0 saturated heterocycles. The molecule has 4 nitrogen and oxygen atoms in total. The largest absolute Gasteiger partial charge is 0.508 e. The summed E-state index contributed by atoms with van der Waals surface area (Å²) in [7, 11) is -3.65.